The molecule has 2 heterocycles. The maximum absolute atomic E-state index is 14.2. The lowest BCUT2D eigenvalue weighted by Gasteiger charge is -2.13. The van der Waals surface area contributed by atoms with Crippen LogP contribution in [-0.4, -0.2) is 28.5 Å². The molecule has 1 atom stereocenters. The van der Waals surface area contributed by atoms with Gasteiger partial charge < -0.3 is 10.1 Å². The molecule has 0 bridgehead atoms. The van der Waals surface area contributed by atoms with Gasteiger partial charge in [-0.05, 0) is 35.8 Å². The Labute approximate surface area is 168 Å². The molecule has 1 aliphatic heterocycles. The largest absolute Gasteiger partial charge is 0.487 e. The number of amides is 1. The number of aryl methyl sites for hydroxylation is 1. The average Bonchev–Trinajstić information content (AvgIpc) is 3.15. The van der Waals surface area contributed by atoms with Crippen LogP contribution < -0.4 is 10.1 Å². The number of hydrogen-bond acceptors (Lipinski definition) is 4. The minimum atomic E-state index is -0.831. The van der Waals surface area contributed by atoms with E-state index in [-0.39, 0.29) is 12.6 Å². The number of carbonyl (C=O) groups excluding carboxylic acids is 1. The number of nitrogens with one attached hydrogen (secondary N) is 1. The fourth-order valence-corrected chi connectivity index (χ4v) is 3.39. The summed E-state index contributed by atoms with van der Waals surface area (Å²) in [5, 5.41) is 2.62. The molecule has 1 amide bonds. The molecular weight excluding hydrogens is 369 g/mol. The van der Waals surface area contributed by atoms with E-state index in [1.54, 1.807) is 42.9 Å². The Morgan fingerprint density at radius 1 is 1.28 bits per heavy atom. The number of fused-ring (bicyclic) bond motifs is 1. The van der Waals surface area contributed by atoms with Crippen molar-refractivity contribution in [2.75, 3.05) is 6.54 Å². The monoisotopic (exact) mass is 389 g/mol. The van der Waals surface area contributed by atoms with Crippen LogP contribution in [0.1, 0.15) is 16.7 Å². The van der Waals surface area contributed by atoms with Gasteiger partial charge in [0.05, 0.1) is 18.4 Å². The minimum absolute atomic E-state index is 0.211. The van der Waals surface area contributed by atoms with Crippen LogP contribution in [0.25, 0.3) is 17.3 Å². The highest BCUT2D eigenvalue weighted by Crippen LogP contribution is 2.38. The van der Waals surface area contributed by atoms with Crippen molar-refractivity contribution in [1.82, 2.24) is 15.3 Å². The van der Waals surface area contributed by atoms with Crippen LogP contribution in [0.2, 0.25) is 0 Å². The molecule has 0 aliphatic carbocycles. The van der Waals surface area contributed by atoms with Crippen LogP contribution in [0.5, 0.6) is 5.75 Å². The first-order valence-electron chi connectivity index (χ1n) is 9.37. The molecule has 1 aromatic heterocycles. The first-order valence-corrected chi connectivity index (χ1v) is 9.37. The zero-order valence-electron chi connectivity index (χ0n) is 15.9. The van der Waals surface area contributed by atoms with Crippen LogP contribution in [0.4, 0.5) is 4.39 Å². The van der Waals surface area contributed by atoms with Crippen molar-refractivity contribution in [2.24, 2.45) is 0 Å². The Bertz CT molecular complexity index is 1050. The van der Waals surface area contributed by atoms with Crippen molar-refractivity contribution in [2.45, 2.75) is 19.4 Å². The molecule has 4 rings (SSSR count). The predicted octanol–water partition coefficient (Wildman–Crippen LogP) is 3.88. The van der Waals surface area contributed by atoms with Crippen LogP contribution >= 0.6 is 0 Å². The average molecular weight is 389 g/mol. The lowest BCUT2D eigenvalue weighted by molar-refractivity contribution is -0.119. The highest BCUT2D eigenvalue weighted by atomic mass is 19.1. The molecule has 0 saturated heterocycles. The maximum Gasteiger partial charge on any atom is 0.280 e. The van der Waals surface area contributed by atoms with Gasteiger partial charge in [-0.2, -0.15) is 0 Å². The molecule has 0 radical (unpaired) electrons. The maximum atomic E-state index is 14.2. The number of nitrogens with zero attached hydrogens (tertiary/aromatic N) is 2. The van der Waals surface area contributed by atoms with Gasteiger partial charge in [-0.1, -0.05) is 36.4 Å². The fourth-order valence-electron chi connectivity index (χ4n) is 3.39. The van der Waals surface area contributed by atoms with Crippen molar-refractivity contribution in [3.63, 3.8) is 0 Å². The first kappa shape index (κ1) is 18.8. The van der Waals surface area contributed by atoms with E-state index in [9.17, 15) is 9.18 Å². The third-order valence-corrected chi connectivity index (χ3v) is 4.68. The molecule has 3 aromatic rings. The van der Waals surface area contributed by atoms with E-state index in [1.807, 2.05) is 19.1 Å². The summed E-state index contributed by atoms with van der Waals surface area (Å²) in [4.78, 5) is 20.6. The van der Waals surface area contributed by atoms with E-state index < -0.39 is 11.7 Å². The second kappa shape index (κ2) is 8.22. The Balaban J connectivity index is 1.44. The van der Waals surface area contributed by atoms with Gasteiger partial charge in [0.2, 0.25) is 0 Å². The van der Waals surface area contributed by atoms with E-state index >= 15 is 0 Å². The Morgan fingerprint density at radius 3 is 2.86 bits per heavy atom. The second-order valence-electron chi connectivity index (χ2n) is 6.95. The highest BCUT2D eigenvalue weighted by Gasteiger charge is 2.27. The van der Waals surface area contributed by atoms with E-state index in [0.717, 1.165) is 28.1 Å². The highest BCUT2D eigenvalue weighted by molar-refractivity contribution is 5.95. The Hall–Kier alpha value is -3.54. The van der Waals surface area contributed by atoms with Crippen molar-refractivity contribution >= 4 is 12.0 Å². The number of benzene rings is 2. The lowest BCUT2D eigenvalue weighted by atomic mass is 10.0. The van der Waals surface area contributed by atoms with Crippen molar-refractivity contribution < 1.29 is 13.9 Å². The van der Waals surface area contributed by atoms with E-state index in [0.29, 0.717) is 12.0 Å². The standard InChI is InChI=1S/C23H20FN3O2/c1-15-9-17-12-18(29-22(17)19(10-15)21-14-25-7-8-26-21)13-27-23(28)20(24)11-16-5-3-2-4-6-16/h2-11,14,18H,12-13H2,1H3,(H,27,28). The van der Waals surface area contributed by atoms with Gasteiger partial charge in [-0.15, -0.1) is 0 Å². The molecule has 0 saturated carbocycles. The number of hydrogen-bond donors (Lipinski definition) is 1. The summed E-state index contributed by atoms with van der Waals surface area (Å²) in [6.07, 6.45) is 6.53. The fraction of sp³-hybridized carbons (Fsp3) is 0.174. The number of carbonyl (C=O) groups is 1. The summed E-state index contributed by atoms with van der Waals surface area (Å²) in [5.74, 6) is -0.836. The Kier molecular flexibility index (Phi) is 5.33. The molecule has 2 aromatic carbocycles. The van der Waals surface area contributed by atoms with Gasteiger partial charge in [-0.3, -0.25) is 14.8 Å². The molecule has 29 heavy (non-hydrogen) atoms. The molecule has 5 nitrogen and oxygen atoms in total. The molecule has 1 N–H and O–H groups in total. The zero-order chi connectivity index (χ0) is 20.2. The third kappa shape index (κ3) is 4.32. The second-order valence-corrected chi connectivity index (χ2v) is 6.95. The molecule has 6 heteroatoms. The van der Waals surface area contributed by atoms with Crippen molar-refractivity contribution in [1.29, 1.82) is 0 Å². The van der Waals surface area contributed by atoms with Gasteiger partial charge in [0.25, 0.3) is 5.91 Å². The topological polar surface area (TPSA) is 64.1 Å². The van der Waals surface area contributed by atoms with E-state index in [4.69, 9.17) is 4.74 Å². The third-order valence-electron chi connectivity index (χ3n) is 4.68. The first-order chi connectivity index (χ1) is 14.1. The van der Waals surface area contributed by atoms with Gasteiger partial charge in [0.1, 0.15) is 11.9 Å². The summed E-state index contributed by atoms with van der Waals surface area (Å²) in [6.45, 7) is 2.22. The number of halogens is 1. The van der Waals surface area contributed by atoms with E-state index in [2.05, 4.69) is 21.4 Å². The van der Waals surface area contributed by atoms with Gasteiger partial charge >= 0.3 is 0 Å². The summed E-state index contributed by atoms with van der Waals surface area (Å²) in [7, 11) is 0. The quantitative estimate of drug-likeness (QED) is 0.673. The number of rotatable bonds is 5. The SMILES string of the molecule is Cc1cc2c(c(-c3cnccn3)c1)OC(CNC(=O)C(F)=Cc1ccccc1)C2. The normalized spacial score (nSPS) is 15.5. The summed E-state index contributed by atoms with van der Waals surface area (Å²) in [5.41, 5.74) is 4.37. The van der Waals surface area contributed by atoms with Crippen molar-refractivity contribution in [3.05, 3.63) is 83.6 Å². The lowest BCUT2D eigenvalue weighted by Crippen LogP contribution is -2.34. The zero-order valence-corrected chi connectivity index (χ0v) is 15.9. The molecule has 1 unspecified atom stereocenters. The number of ether oxygens (including phenoxy) is 1. The molecule has 0 spiro atoms. The molecule has 1 aliphatic rings. The van der Waals surface area contributed by atoms with Crippen LogP contribution in [0.15, 0.2) is 66.9 Å². The van der Waals surface area contributed by atoms with E-state index in [1.165, 1.54) is 6.08 Å². The molecule has 0 fully saturated rings. The van der Waals surface area contributed by atoms with Gasteiger partial charge in [0, 0.05) is 24.4 Å². The predicted molar refractivity (Wildman–Crippen MR) is 109 cm³/mol. The summed E-state index contributed by atoms with van der Waals surface area (Å²) in [6, 6.07) is 13.0. The van der Waals surface area contributed by atoms with Gasteiger partial charge in [0.15, 0.2) is 5.83 Å². The molecular formula is C23H20FN3O2. The summed E-state index contributed by atoms with van der Waals surface area (Å²) >= 11 is 0. The molecule has 146 valence electrons. The Morgan fingerprint density at radius 2 is 2.10 bits per heavy atom. The number of aromatic nitrogens is 2. The smallest absolute Gasteiger partial charge is 0.280 e. The van der Waals surface area contributed by atoms with Crippen LogP contribution in [-0.2, 0) is 11.2 Å². The van der Waals surface area contributed by atoms with Crippen molar-refractivity contribution in [3.8, 4) is 17.0 Å². The minimum Gasteiger partial charge on any atom is -0.487 e. The summed E-state index contributed by atoms with van der Waals surface area (Å²) < 4.78 is 20.2. The van der Waals surface area contributed by atoms with Crippen LogP contribution in [0.3, 0.4) is 0 Å². The van der Waals surface area contributed by atoms with Gasteiger partial charge in [-0.25, -0.2) is 4.39 Å². The van der Waals surface area contributed by atoms with Crippen LogP contribution in [0, 0.1) is 6.92 Å².